The molecule has 0 saturated carbocycles. The predicted molar refractivity (Wildman–Crippen MR) is 127 cm³/mol. The summed E-state index contributed by atoms with van der Waals surface area (Å²) in [5.41, 5.74) is 4.85. The van der Waals surface area contributed by atoms with E-state index in [1.54, 1.807) is 14.2 Å². The molecule has 7 heteroatoms. The molecule has 1 N–H and O–H groups in total. The van der Waals surface area contributed by atoms with E-state index in [1.807, 2.05) is 77.7 Å². The Kier molecular flexibility index (Phi) is 5.52. The van der Waals surface area contributed by atoms with E-state index >= 15 is 0 Å². The summed E-state index contributed by atoms with van der Waals surface area (Å²) in [6.45, 7) is 0.409. The Hall–Kier alpha value is -3.77. The van der Waals surface area contributed by atoms with Crippen molar-refractivity contribution >= 4 is 17.5 Å². The molecule has 0 aliphatic carbocycles. The molecule has 166 valence electrons. The first-order valence-corrected chi connectivity index (χ1v) is 10.9. The number of hydrogen-bond donors (Lipinski definition) is 1. The maximum absolute atomic E-state index is 13.6. The quantitative estimate of drug-likeness (QED) is 0.414. The topological polar surface area (TPSA) is 67.5 Å². The van der Waals surface area contributed by atoms with Crippen LogP contribution in [0.1, 0.15) is 33.2 Å². The number of hydrogen-bond acceptors (Lipinski definition) is 4. The minimum Gasteiger partial charge on any atom is -0.497 e. The zero-order valence-corrected chi connectivity index (χ0v) is 19.0. The van der Waals surface area contributed by atoms with Gasteiger partial charge in [-0.1, -0.05) is 54.1 Å². The normalized spacial score (nSPS) is 14.9. The van der Waals surface area contributed by atoms with Gasteiger partial charge in [0.1, 0.15) is 17.2 Å². The largest absolute Gasteiger partial charge is 0.497 e. The average Bonchev–Trinajstić information content (AvgIpc) is 3.40. The number of aromatic nitrogens is 2. The number of nitrogens with one attached hydrogen (secondary N) is 1. The summed E-state index contributed by atoms with van der Waals surface area (Å²) in [7, 11) is 3.23. The SMILES string of the molecule is COc1ccc(C2c3c(-c4ccccc4)n[nH]c3C(=O)N2Cc2ccc(Cl)cc2)c(OC)c1. The van der Waals surface area contributed by atoms with E-state index in [9.17, 15) is 4.79 Å². The molecule has 1 aliphatic rings. The van der Waals surface area contributed by atoms with Crippen molar-refractivity contribution in [1.29, 1.82) is 0 Å². The summed E-state index contributed by atoms with van der Waals surface area (Å²) in [5, 5.41) is 8.17. The van der Waals surface area contributed by atoms with Crippen LogP contribution in [-0.4, -0.2) is 35.2 Å². The predicted octanol–water partition coefficient (Wildman–Crippen LogP) is 5.49. The van der Waals surface area contributed by atoms with Crippen LogP contribution in [0, 0.1) is 0 Å². The van der Waals surface area contributed by atoms with Crippen molar-refractivity contribution in [2.75, 3.05) is 14.2 Å². The standard InChI is InChI=1S/C26H22ClN3O3/c1-32-19-12-13-20(21(14-19)33-2)25-22-23(17-6-4-3-5-7-17)28-29-24(22)26(31)30(25)15-16-8-10-18(27)11-9-16/h3-14,25H,15H2,1-2H3,(H,28,29). The third-order valence-corrected chi connectivity index (χ3v) is 6.16. The molecule has 0 saturated heterocycles. The zero-order valence-electron chi connectivity index (χ0n) is 18.2. The number of H-pyrrole nitrogens is 1. The van der Waals surface area contributed by atoms with Crippen molar-refractivity contribution in [3.05, 3.63) is 100 Å². The molecule has 33 heavy (non-hydrogen) atoms. The lowest BCUT2D eigenvalue weighted by Crippen LogP contribution is -2.29. The van der Waals surface area contributed by atoms with Gasteiger partial charge in [0, 0.05) is 34.3 Å². The van der Waals surface area contributed by atoms with Gasteiger partial charge >= 0.3 is 0 Å². The third-order valence-electron chi connectivity index (χ3n) is 5.91. The molecule has 6 nitrogen and oxygen atoms in total. The van der Waals surface area contributed by atoms with Crippen molar-refractivity contribution < 1.29 is 14.3 Å². The molecule has 2 heterocycles. The van der Waals surface area contributed by atoms with Crippen molar-refractivity contribution in [3.63, 3.8) is 0 Å². The van der Waals surface area contributed by atoms with E-state index in [2.05, 4.69) is 10.2 Å². The van der Waals surface area contributed by atoms with Gasteiger partial charge < -0.3 is 14.4 Å². The highest BCUT2D eigenvalue weighted by atomic mass is 35.5. The Morgan fingerprint density at radius 1 is 1.00 bits per heavy atom. The lowest BCUT2D eigenvalue weighted by molar-refractivity contribution is 0.0728. The molecule has 1 atom stereocenters. The Bertz CT molecular complexity index is 1300. The molecule has 1 amide bonds. The number of carbonyl (C=O) groups is 1. The van der Waals surface area contributed by atoms with E-state index in [-0.39, 0.29) is 5.91 Å². The summed E-state index contributed by atoms with van der Waals surface area (Å²) >= 11 is 6.07. The smallest absolute Gasteiger partial charge is 0.273 e. The number of methoxy groups -OCH3 is 2. The zero-order chi connectivity index (χ0) is 22.9. The first-order chi connectivity index (χ1) is 16.1. The molecule has 1 aliphatic heterocycles. The minimum atomic E-state index is -0.391. The number of rotatable bonds is 6. The lowest BCUT2D eigenvalue weighted by atomic mass is 9.95. The lowest BCUT2D eigenvalue weighted by Gasteiger charge is -2.28. The second-order valence-electron chi connectivity index (χ2n) is 7.80. The molecular formula is C26H22ClN3O3. The minimum absolute atomic E-state index is 0.113. The van der Waals surface area contributed by atoms with Crippen LogP contribution in [0.4, 0.5) is 0 Å². The Balaban J connectivity index is 1.67. The van der Waals surface area contributed by atoms with Gasteiger partial charge in [-0.15, -0.1) is 0 Å². The van der Waals surface area contributed by atoms with Gasteiger partial charge in [0.05, 0.1) is 26.0 Å². The molecule has 0 spiro atoms. The summed E-state index contributed by atoms with van der Waals surface area (Å²) in [6, 6.07) is 22.6. The third kappa shape index (κ3) is 3.72. The van der Waals surface area contributed by atoms with Crippen LogP contribution < -0.4 is 9.47 Å². The first kappa shape index (κ1) is 21.1. The van der Waals surface area contributed by atoms with Crippen LogP contribution in [0.25, 0.3) is 11.3 Å². The van der Waals surface area contributed by atoms with Gasteiger partial charge in [0.15, 0.2) is 0 Å². The Labute approximate surface area is 196 Å². The Morgan fingerprint density at radius 2 is 1.76 bits per heavy atom. The molecule has 0 radical (unpaired) electrons. The summed E-state index contributed by atoms with van der Waals surface area (Å²) in [5.74, 6) is 1.21. The van der Waals surface area contributed by atoms with Gasteiger partial charge in [-0.25, -0.2) is 0 Å². The fraction of sp³-hybridized carbons (Fsp3) is 0.154. The monoisotopic (exact) mass is 459 g/mol. The Morgan fingerprint density at radius 3 is 2.45 bits per heavy atom. The van der Waals surface area contributed by atoms with E-state index in [0.717, 1.165) is 27.9 Å². The number of fused-ring (bicyclic) bond motifs is 1. The maximum atomic E-state index is 13.6. The van der Waals surface area contributed by atoms with E-state index in [0.29, 0.717) is 28.8 Å². The first-order valence-electron chi connectivity index (χ1n) is 10.5. The number of benzene rings is 3. The number of amides is 1. The summed E-state index contributed by atoms with van der Waals surface area (Å²) < 4.78 is 11.1. The van der Waals surface area contributed by atoms with Crippen LogP contribution in [0.2, 0.25) is 5.02 Å². The molecule has 3 aromatic carbocycles. The molecule has 1 aromatic heterocycles. The number of ether oxygens (including phenoxy) is 2. The molecule has 0 fully saturated rings. The van der Waals surface area contributed by atoms with Crippen molar-refractivity contribution in [3.8, 4) is 22.8 Å². The van der Waals surface area contributed by atoms with Crippen molar-refractivity contribution in [2.24, 2.45) is 0 Å². The summed E-state index contributed by atoms with van der Waals surface area (Å²) in [6.07, 6.45) is 0. The van der Waals surface area contributed by atoms with E-state index in [1.165, 1.54) is 0 Å². The molecule has 1 unspecified atom stereocenters. The number of aromatic amines is 1. The highest BCUT2D eigenvalue weighted by molar-refractivity contribution is 6.30. The van der Waals surface area contributed by atoms with Gasteiger partial charge in [-0.3, -0.25) is 9.89 Å². The van der Waals surface area contributed by atoms with Gasteiger partial charge in [-0.05, 0) is 29.8 Å². The van der Waals surface area contributed by atoms with Gasteiger partial charge in [-0.2, -0.15) is 5.10 Å². The maximum Gasteiger partial charge on any atom is 0.273 e. The number of carbonyl (C=O) groups excluding carboxylic acids is 1. The van der Waals surface area contributed by atoms with Crippen molar-refractivity contribution in [1.82, 2.24) is 15.1 Å². The number of nitrogens with zero attached hydrogens (tertiary/aromatic N) is 2. The molecule has 5 rings (SSSR count). The second kappa shape index (κ2) is 8.64. The highest BCUT2D eigenvalue weighted by Crippen LogP contribution is 2.46. The fourth-order valence-corrected chi connectivity index (χ4v) is 4.46. The second-order valence-corrected chi connectivity index (χ2v) is 8.23. The van der Waals surface area contributed by atoms with Crippen LogP contribution in [0.5, 0.6) is 11.5 Å². The number of halogens is 1. The van der Waals surface area contributed by atoms with E-state index in [4.69, 9.17) is 21.1 Å². The molecular weight excluding hydrogens is 438 g/mol. The summed E-state index contributed by atoms with van der Waals surface area (Å²) in [4.78, 5) is 15.4. The van der Waals surface area contributed by atoms with Crippen LogP contribution >= 0.6 is 11.6 Å². The van der Waals surface area contributed by atoms with Crippen molar-refractivity contribution in [2.45, 2.75) is 12.6 Å². The van der Waals surface area contributed by atoms with Gasteiger partial charge in [0.25, 0.3) is 5.91 Å². The molecule has 0 bridgehead atoms. The highest BCUT2D eigenvalue weighted by Gasteiger charge is 2.43. The van der Waals surface area contributed by atoms with Gasteiger partial charge in [0.2, 0.25) is 0 Å². The van der Waals surface area contributed by atoms with Crippen LogP contribution in [0.3, 0.4) is 0 Å². The van der Waals surface area contributed by atoms with Crippen LogP contribution in [-0.2, 0) is 6.54 Å². The van der Waals surface area contributed by atoms with Crippen LogP contribution in [0.15, 0.2) is 72.8 Å². The molecule has 4 aromatic rings. The fourth-order valence-electron chi connectivity index (χ4n) is 4.33. The van der Waals surface area contributed by atoms with E-state index < -0.39 is 6.04 Å². The average molecular weight is 460 g/mol.